The second-order valence-corrected chi connectivity index (χ2v) is 12.7. The number of benzene rings is 5. The van der Waals surface area contributed by atoms with Crippen molar-refractivity contribution < 1.29 is 25.8 Å². The maximum Gasteiger partial charge on any atom is 0.135 e. The molecule has 0 aliphatic carbocycles. The summed E-state index contributed by atoms with van der Waals surface area (Å²) in [6.45, 7) is 8.74. The summed E-state index contributed by atoms with van der Waals surface area (Å²) in [6.07, 6.45) is 5.90. The van der Waals surface area contributed by atoms with Crippen LogP contribution in [0.4, 0.5) is 28.6 Å². The van der Waals surface area contributed by atoms with E-state index in [0.29, 0.717) is 11.5 Å². The monoisotopic (exact) mass is 804 g/mol. The van der Waals surface area contributed by atoms with Gasteiger partial charge in [0.25, 0.3) is 0 Å². The van der Waals surface area contributed by atoms with Crippen molar-refractivity contribution in [2.45, 2.75) is 26.2 Å². The van der Waals surface area contributed by atoms with E-state index in [1.807, 2.05) is 59.8 Å². The molecule has 0 amide bonds. The molecule has 0 unspecified atom stereocenters. The molecule has 5 aromatic carbocycles. The third-order valence-corrected chi connectivity index (χ3v) is 8.57. The number of ether oxygens (including phenoxy) is 1. The van der Waals surface area contributed by atoms with E-state index in [0.717, 1.165) is 45.3 Å². The Kier molecular flexibility index (Phi) is 8.41. The molecule has 0 saturated heterocycles. The van der Waals surface area contributed by atoms with Gasteiger partial charge in [-0.3, -0.25) is 0 Å². The third kappa shape index (κ3) is 5.91. The Bertz CT molecular complexity index is 2100. The smallest absolute Gasteiger partial charge is 0.135 e. The predicted octanol–water partition coefficient (Wildman–Crippen LogP) is 10.8. The number of rotatable bonds is 5. The minimum absolute atomic E-state index is 0. The van der Waals surface area contributed by atoms with Gasteiger partial charge in [0.1, 0.15) is 5.82 Å². The van der Waals surface area contributed by atoms with Gasteiger partial charge in [0.05, 0.1) is 5.69 Å². The van der Waals surface area contributed by atoms with Crippen LogP contribution in [0, 0.1) is 18.8 Å². The van der Waals surface area contributed by atoms with Crippen LogP contribution in [0.3, 0.4) is 0 Å². The molecule has 2 aliphatic heterocycles. The Labute approximate surface area is 297 Å². The Morgan fingerprint density at radius 2 is 1.31 bits per heavy atom. The van der Waals surface area contributed by atoms with Crippen molar-refractivity contribution in [2.24, 2.45) is 0 Å². The van der Waals surface area contributed by atoms with Crippen LogP contribution < -0.4 is 19.4 Å². The van der Waals surface area contributed by atoms with Crippen LogP contribution in [0.25, 0.3) is 22.3 Å². The number of anilines is 5. The second kappa shape index (κ2) is 12.8. The van der Waals surface area contributed by atoms with E-state index < -0.39 is 0 Å². The van der Waals surface area contributed by atoms with Gasteiger partial charge >= 0.3 is 0 Å². The summed E-state index contributed by atoms with van der Waals surface area (Å²) < 4.78 is 6.47. The van der Waals surface area contributed by atoms with Crippen molar-refractivity contribution in [3.8, 4) is 33.8 Å². The standard InChI is InChI=1S/C42H33N4O.Pt/c1-42(2,3)30-18-20-31(21-19-30)44-25-26-45(29-44)32-11-10-12-33(27-32)47-34-22-23-38-36-14-5-4-13-35(36)37-15-6-7-16-39(37)46(40(38)28-34)41-17-8-9-24-43-41;/h4-26,29H,1-3H3;/q-3;. The topological polar surface area (TPSA) is 31.8 Å². The van der Waals surface area contributed by atoms with Crippen molar-refractivity contribution in [1.82, 2.24) is 4.98 Å². The number of fused-ring (bicyclic) bond motifs is 5. The largest absolute Gasteiger partial charge is 0.509 e. The fourth-order valence-corrected chi connectivity index (χ4v) is 6.16. The maximum atomic E-state index is 6.47. The van der Waals surface area contributed by atoms with Crippen LogP contribution in [-0.2, 0) is 26.5 Å². The van der Waals surface area contributed by atoms with Crippen LogP contribution in [0.5, 0.6) is 11.5 Å². The zero-order valence-electron chi connectivity index (χ0n) is 26.9. The first kappa shape index (κ1) is 31.5. The van der Waals surface area contributed by atoms with E-state index in [2.05, 4.69) is 134 Å². The first-order chi connectivity index (χ1) is 22.9. The van der Waals surface area contributed by atoms with Gasteiger partial charge in [-0.1, -0.05) is 92.7 Å². The molecule has 0 fully saturated rings. The molecule has 0 atom stereocenters. The number of pyridine rings is 1. The molecule has 240 valence electrons. The van der Waals surface area contributed by atoms with E-state index in [4.69, 9.17) is 9.72 Å². The number of nitrogens with zero attached hydrogens (tertiary/aromatic N) is 4. The summed E-state index contributed by atoms with van der Waals surface area (Å²) in [5, 5.41) is 0. The molecule has 8 rings (SSSR count). The Balaban J connectivity index is 0.00000364. The van der Waals surface area contributed by atoms with Gasteiger partial charge in [-0.15, -0.1) is 48.3 Å². The summed E-state index contributed by atoms with van der Waals surface area (Å²) in [7, 11) is 0. The van der Waals surface area contributed by atoms with Crippen molar-refractivity contribution in [1.29, 1.82) is 0 Å². The molecule has 0 radical (unpaired) electrons. The van der Waals surface area contributed by atoms with Crippen molar-refractivity contribution >= 4 is 28.6 Å². The Morgan fingerprint density at radius 3 is 2.06 bits per heavy atom. The fraction of sp³-hybridized carbons (Fsp3) is 0.0952. The molecule has 0 saturated carbocycles. The van der Waals surface area contributed by atoms with Gasteiger partial charge in [-0.05, 0) is 59.3 Å². The van der Waals surface area contributed by atoms with Crippen LogP contribution in [0.15, 0.2) is 140 Å². The number of aromatic nitrogens is 1. The summed E-state index contributed by atoms with van der Waals surface area (Å²) in [6, 6.07) is 48.7. The fourth-order valence-electron chi connectivity index (χ4n) is 6.16. The zero-order valence-corrected chi connectivity index (χ0v) is 29.1. The maximum absolute atomic E-state index is 6.47. The minimum Gasteiger partial charge on any atom is -0.509 e. The predicted molar refractivity (Wildman–Crippen MR) is 191 cm³/mol. The average Bonchev–Trinajstić information content (AvgIpc) is 3.56. The van der Waals surface area contributed by atoms with Gasteiger partial charge in [0.15, 0.2) is 0 Å². The molecule has 2 aliphatic rings. The van der Waals surface area contributed by atoms with Gasteiger partial charge in [0.2, 0.25) is 0 Å². The van der Waals surface area contributed by atoms with Crippen LogP contribution >= 0.6 is 0 Å². The first-order valence-electron chi connectivity index (χ1n) is 15.8. The first-order valence-corrected chi connectivity index (χ1v) is 15.8. The summed E-state index contributed by atoms with van der Waals surface area (Å²) in [5.41, 5.74) is 9.81. The molecule has 0 N–H and O–H groups in total. The number of hydrogen-bond donors (Lipinski definition) is 0. The molecule has 0 spiro atoms. The minimum atomic E-state index is 0. The Morgan fingerprint density at radius 1 is 0.625 bits per heavy atom. The quantitative estimate of drug-likeness (QED) is 0.162. The SMILES string of the molecule is CC(C)(C)c1ccc(N2C=CN(c3[c-]c(Oc4[c-]c5c(cc4)-c4ccccc4-c4ccccc4N5c4ccccn4)ccc3)[CH-]2)cc1.[Pt]. The number of hydrogen-bond acceptors (Lipinski definition) is 5. The number of para-hydroxylation sites is 1. The molecule has 6 heteroatoms. The third-order valence-electron chi connectivity index (χ3n) is 8.57. The average molecular weight is 805 g/mol. The Hall–Kier alpha value is -5.12. The van der Waals surface area contributed by atoms with Crippen molar-refractivity contribution in [2.75, 3.05) is 14.7 Å². The molecule has 6 aromatic rings. The summed E-state index contributed by atoms with van der Waals surface area (Å²) in [4.78, 5) is 11.1. The zero-order chi connectivity index (χ0) is 32.0. The van der Waals surface area contributed by atoms with Crippen molar-refractivity contribution in [3.05, 3.63) is 164 Å². The van der Waals surface area contributed by atoms with Crippen LogP contribution in [0.2, 0.25) is 0 Å². The van der Waals surface area contributed by atoms with Crippen molar-refractivity contribution in [3.63, 3.8) is 0 Å². The van der Waals surface area contributed by atoms with E-state index in [-0.39, 0.29) is 26.5 Å². The molecule has 5 nitrogen and oxygen atoms in total. The van der Waals surface area contributed by atoms with Gasteiger partial charge in [-0.25, -0.2) is 4.98 Å². The van der Waals surface area contributed by atoms with Gasteiger partial charge in [0, 0.05) is 50.0 Å². The van der Waals surface area contributed by atoms with E-state index >= 15 is 0 Å². The molecular formula is C42H33N4OPt-3. The van der Waals surface area contributed by atoms with E-state index in [1.54, 1.807) is 0 Å². The van der Waals surface area contributed by atoms with Crippen LogP contribution in [-0.4, -0.2) is 4.98 Å². The molecule has 3 heterocycles. The molecule has 1 aromatic heterocycles. The normalized spacial score (nSPS) is 13.3. The summed E-state index contributed by atoms with van der Waals surface area (Å²) in [5.74, 6) is 2.01. The summed E-state index contributed by atoms with van der Waals surface area (Å²) >= 11 is 0. The molecule has 0 bridgehead atoms. The molecule has 48 heavy (non-hydrogen) atoms. The van der Waals surface area contributed by atoms with Gasteiger partial charge < -0.3 is 19.4 Å². The van der Waals surface area contributed by atoms with Gasteiger partial charge in [-0.2, -0.15) is 12.1 Å². The second-order valence-electron chi connectivity index (χ2n) is 12.7. The van der Waals surface area contributed by atoms with Crippen LogP contribution in [0.1, 0.15) is 26.3 Å². The van der Waals surface area contributed by atoms with E-state index in [9.17, 15) is 0 Å². The van der Waals surface area contributed by atoms with E-state index in [1.165, 1.54) is 11.1 Å². The molecular weight excluding hydrogens is 772 g/mol.